The quantitative estimate of drug-likeness (QED) is 0.516. The van der Waals surface area contributed by atoms with Gasteiger partial charge < -0.3 is 10.4 Å². The summed E-state index contributed by atoms with van der Waals surface area (Å²) in [6.45, 7) is 9.00. The lowest BCUT2D eigenvalue weighted by molar-refractivity contribution is 0.291. The molecule has 4 nitrogen and oxygen atoms in total. The fraction of sp³-hybridized carbons (Fsp3) is 0.286. The van der Waals surface area contributed by atoms with Crippen molar-refractivity contribution in [1.82, 2.24) is 9.88 Å². The number of aryl methyl sites for hydroxylation is 1. The van der Waals surface area contributed by atoms with Gasteiger partial charge in [0, 0.05) is 35.1 Å². The number of nitrogens with one attached hydrogen (secondary N) is 1. The molecule has 0 amide bonds. The van der Waals surface area contributed by atoms with E-state index in [1.165, 1.54) is 5.56 Å². The number of hydrogen-bond acceptors (Lipinski definition) is 4. The Labute approximate surface area is 173 Å². The molecule has 0 spiro atoms. The summed E-state index contributed by atoms with van der Waals surface area (Å²) in [6.07, 6.45) is 1.82. The molecule has 6 heteroatoms. The molecule has 0 aliphatic carbocycles. The van der Waals surface area contributed by atoms with E-state index in [0.29, 0.717) is 5.75 Å². The lowest BCUT2D eigenvalue weighted by atomic mass is 10.1. The van der Waals surface area contributed by atoms with Crippen LogP contribution in [0.25, 0.3) is 10.9 Å². The van der Waals surface area contributed by atoms with Crippen LogP contribution in [0.2, 0.25) is 0 Å². The van der Waals surface area contributed by atoms with Gasteiger partial charge in [-0.25, -0.2) is 0 Å². The molecule has 0 saturated carbocycles. The molecule has 0 fully saturated rings. The molecule has 0 saturated heterocycles. The average molecular weight is 408 g/mol. The molecule has 146 valence electrons. The first kappa shape index (κ1) is 23.0. The second-order valence-corrected chi connectivity index (χ2v) is 6.31. The largest absolute Gasteiger partial charge is 0.508 e. The summed E-state index contributed by atoms with van der Waals surface area (Å²) in [4.78, 5) is 6.73. The maximum atomic E-state index is 10.2. The van der Waals surface area contributed by atoms with Crippen molar-refractivity contribution in [3.8, 4) is 5.75 Å². The van der Waals surface area contributed by atoms with Gasteiger partial charge in [0.05, 0.1) is 5.52 Å². The Kier molecular flexibility index (Phi) is 8.83. The van der Waals surface area contributed by atoms with Crippen LogP contribution >= 0.6 is 24.8 Å². The molecule has 3 rings (SSSR count). The zero-order valence-electron chi connectivity index (χ0n) is 15.9. The number of anilines is 2. The molecule has 1 heterocycles. The van der Waals surface area contributed by atoms with E-state index >= 15 is 0 Å². The Morgan fingerprint density at radius 2 is 1.74 bits per heavy atom. The van der Waals surface area contributed by atoms with Crippen LogP contribution in [0.15, 0.2) is 48.7 Å². The number of aromatic nitrogens is 1. The highest BCUT2D eigenvalue weighted by Crippen LogP contribution is 2.29. The molecule has 0 atom stereocenters. The van der Waals surface area contributed by atoms with Crippen molar-refractivity contribution in [2.24, 2.45) is 0 Å². The first-order valence-corrected chi connectivity index (χ1v) is 8.77. The zero-order valence-corrected chi connectivity index (χ0v) is 17.5. The van der Waals surface area contributed by atoms with E-state index in [0.717, 1.165) is 47.5 Å². The normalized spacial score (nSPS) is 10.4. The van der Waals surface area contributed by atoms with Crippen molar-refractivity contribution >= 4 is 47.1 Å². The standard InChI is InChI=1S/C21H25N3O.2ClH/c1-4-24(5-2)14-16-13-17(7-9-21(16)25)23-19-10-11-22-20-12-15(3)6-8-18(19)20;;/h6-13,25H,4-5,14H2,1-3H3,(H,22,23);2*1H. The van der Waals surface area contributed by atoms with Crippen LogP contribution in [-0.2, 0) is 6.54 Å². The molecule has 0 aliphatic rings. The molecule has 0 bridgehead atoms. The Balaban J connectivity index is 0.00000182. The van der Waals surface area contributed by atoms with Crippen LogP contribution in [0.5, 0.6) is 5.75 Å². The number of phenolic OH excluding ortho intramolecular Hbond substituents is 1. The molecule has 0 radical (unpaired) electrons. The minimum absolute atomic E-state index is 0. The van der Waals surface area contributed by atoms with Gasteiger partial charge in [0.1, 0.15) is 5.75 Å². The van der Waals surface area contributed by atoms with E-state index < -0.39 is 0 Å². The maximum Gasteiger partial charge on any atom is 0.120 e. The number of nitrogens with zero attached hydrogens (tertiary/aromatic N) is 2. The third-order valence-electron chi connectivity index (χ3n) is 4.55. The summed E-state index contributed by atoms with van der Waals surface area (Å²) < 4.78 is 0. The van der Waals surface area contributed by atoms with Crippen molar-refractivity contribution in [2.45, 2.75) is 27.3 Å². The number of halogens is 2. The Morgan fingerprint density at radius 1 is 1.00 bits per heavy atom. The predicted octanol–water partition coefficient (Wildman–Crippen LogP) is 5.68. The fourth-order valence-electron chi connectivity index (χ4n) is 3.00. The third kappa shape index (κ3) is 5.48. The SMILES string of the molecule is CCN(CC)Cc1cc(Nc2ccnc3cc(C)ccc23)ccc1O.Cl.Cl. The van der Waals surface area contributed by atoms with Gasteiger partial charge in [-0.1, -0.05) is 26.0 Å². The minimum atomic E-state index is 0. The summed E-state index contributed by atoms with van der Waals surface area (Å²) in [5, 5.41) is 14.7. The van der Waals surface area contributed by atoms with Gasteiger partial charge in [0.15, 0.2) is 0 Å². The van der Waals surface area contributed by atoms with Crippen molar-refractivity contribution in [2.75, 3.05) is 18.4 Å². The summed E-state index contributed by atoms with van der Waals surface area (Å²) in [6, 6.07) is 13.9. The molecular weight excluding hydrogens is 381 g/mol. The number of phenols is 1. The molecule has 2 N–H and O–H groups in total. The highest BCUT2D eigenvalue weighted by Gasteiger charge is 2.08. The molecule has 1 aromatic heterocycles. The lowest BCUT2D eigenvalue weighted by Crippen LogP contribution is -2.22. The number of fused-ring (bicyclic) bond motifs is 1. The second kappa shape index (κ2) is 10.4. The Morgan fingerprint density at radius 3 is 2.44 bits per heavy atom. The van der Waals surface area contributed by atoms with E-state index in [1.54, 1.807) is 6.07 Å². The number of hydrogen-bond donors (Lipinski definition) is 2. The van der Waals surface area contributed by atoms with Gasteiger partial charge >= 0.3 is 0 Å². The van der Waals surface area contributed by atoms with Crippen molar-refractivity contribution in [3.63, 3.8) is 0 Å². The van der Waals surface area contributed by atoms with Crippen molar-refractivity contribution in [3.05, 3.63) is 59.8 Å². The second-order valence-electron chi connectivity index (χ2n) is 6.31. The molecule has 0 aliphatic heterocycles. The van der Waals surface area contributed by atoms with Crippen LogP contribution in [-0.4, -0.2) is 28.1 Å². The van der Waals surface area contributed by atoms with Crippen molar-refractivity contribution in [1.29, 1.82) is 0 Å². The monoisotopic (exact) mass is 407 g/mol. The summed E-state index contributed by atoms with van der Waals surface area (Å²) in [5.41, 5.74) is 5.09. The van der Waals surface area contributed by atoms with Gasteiger partial charge in [0.25, 0.3) is 0 Å². The summed E-state index contributed by atoms with van der Waals surface area (Å²) >= 11 is 0. The van der Waals surface area contributed by atoms with Gasteiger partial charge in [-0.3, -0.25) is 9.88 Å². The molecule has 27 heavy (non-hydrogen) atoms. The number of pyridine rings is 1. The van der Waals surface area contributed by atoms with E-state index in [-0.39, 0.29) is 24.8 Å². The summed E-state index contributed by atoms with van der Waals surface area (Å²) in [7, 11) is 0. The number of rotatable bonds is 6. The first-order valence-electron chi connectivity index (χ1n) is 8.77. The first-order chi connectivity index (χ1) is 12.1. The van der Waals surface area contributed by atoms with E-state index in [9.17, 15) is 5.11 Å². The van der Waals surface area contributed by atoms with Crippen LogP contribution in [0, 0.1) is 6.92 Å². The summed E-state index contributed by atoms with van der Waals surface area (Å²) in [5.74, 6) is 0.340. The number of benzene rings is 2. The maximum absolute atomic E-state index is 10.2. The lowest BCUT2D eigenvalue weighted by Gasteiger charge is -2.19. The van der Waals surface area contributed by atoms with Crippen LogP contribution < -0.4 is 5.32 Å². The number of aromatic hydroxyl groups is 1. The molecule has 2 aromatic carbocycles. The molecule has 0 unspecified atom stereocenters. The van der Waals surface area contributed by atoms with Gasteiger partial charge in [-0.05, 0) is 55.9 Å². The van der Waals surface area contributed by atoms with Crippen molar-refractivity contribution < 1.29 is 5.11 Å². The Bertz CT molecular complexity index is 882. The molecule has 3 aromatic rings. The van der Waals surface area contributed by atoms with Crippen LogP contribution in [0.3, 0.4) is 0 Å². The van der Waals surface area contributed by atoms with Crippen LogP contribution in [0.4, 0.5) is 11.4 Å². The van der Waals surface area contributed by atoms with Gasteiger partial charge in [-0.15, -0.1) is 24.8 Å². The van der Waals surface area contributed by atoms with Gasteiger partial charge in [0.2, 0.25) is 0 Å². The predicted molar refractivity (Wildman–Crippen MR) is 119 cm³/mol. The zero-order chi connectivity index (χ0) is 17.8. The third-order valence-corrected chi connectivity index (χ3v) is 4.55. The Hall–Kier alpha value is -2.01. The van der Waals surface area contributed by atoms with E-state index in [2.05, 4.69) is 54.2 Å². The molecular formula is C21H27Cl2N3O. The van der Waals surface area contributed by atoms with E-state index in [4.69, 9.17) is 0 Å². The smallest absolute Gasteiger partial charge is 0.120 e. The topological polar surface area (TPSA) is 48.4 Å². The minimum Gasteiger partial charge on any atom is -0.508 e. The average Bonchev–Trinajstić information content (AvgIpc) is 2.62. The van der Waals surface area contributed by atoms with Gasteiger partial charge in [-0.2, -0.15) is 0 Å². The van der Waals surface area contributed by atoms with E-state index in [1.807, 2.05) is 24.4 Å². The van der Waals surface area contributed by atoms with Crippen LogP contribution in [0.1, 0.15) is 25.0 Å². The fourth-order valence-corrected chi connectivity index (χ4v) is 3.00. The highest BCUT2D eigenvalue weighted by atomic mass is 35.5. The highest BCUT2D eigenvalue weighted by molar-refractivity contribution is 5.93.